The van der Waals surface area contributed by atoms with Crippen molar-refractivity contribution in [3.05, 3.63) is 0 Å². The Balaban J connectivity index is 0.00000196. The molecule has 0 amide bonds. The van der Waals surface area contributed by atoms with E-state index in [-0.39, 0.29) is 7.43 Å². The standard InChI is InChI=1S/C14H28.CH4/c1-6-13-11(4)7-8-12(5)14(13)9-10(2)3;/h10-14H,6-9H2,1-5H3;1H4. The average molecular weight is 212 g/mol. The third-order valence-electron chi connectivity index (χ3n) is 4.30. The first kappa shape index (κ1) is 15.0. The van der Waals surface area contributed by atoms with Crippen LogP contribution in [-0.4, -0.2) is 0 Å². The average Bonchev–Trinajstić information content (AvgIpc) is 2.11. The van der Waals surface area contributed by atoms with Gasteiger partial charge in [0.2, 0.25) is 0 Å². The Kier molecular flexibility index (Phi) is 6.55. The maximum Gasteiger partial charge on any atom is -0.0355 e. The zero-order chi connectivity index (χ0) is 10.7. The summed E-state index contributed by atoms with van der Waals surface area (Å²) in [6, 6.07) is 0. The van der Waals surface area contributed by atoms with E-state index in [1.165, 1.54) is 25.7 Å². The van der Waals surface area contributed by atoms with Crippen molar-refractivity contribution in [2.45, 2.75) is 67.7 Å². The molecule has 15 heavy (non-hydrogen) atoms. The van der Waals surface area contributed by atoms with Gasteiger partial charge in [0.15, 0.2) is 0 Å². The summed E-state index contributed by atoms with van der Waals surface area (Å²) < 4.78 is 0. The Labute approximate surface area is 97.8 Å². The molecular weight excluding hydrogens is 180 g/mol. The van der Waals surface area contributed by atoms with E-state index in [0.717, 1.165) is 29.6 Å². The highest BCUT2D eigenvalue weighted by Gasteiger charge is 2.33. The van der Waals surface area contributed by atoms with Gasteiger partial charge in [0.05, 0.1) is 0 Å². The summed E-state index contributed by atoms with van der Waals surface area (Å²) in [5.74, 6) is 4.82. The Morgan fingerprint density at radius 3 is 1.87 bits per heavy atom. The van der Waals surface area contributed by atoms with E-state index >= 15 is 0 Å². The van der Waals surface area contributed by atoms with E-state index in [2.05, 4.69) is 34.6 Å². The zero-order valence-electron chi connectivity index (χ0n) is 10.7. The second kappa shape index (κ2) is 6.55. The van der Waals surface area contributed by atoms with E-state index in [4.69, 9.17) is 0 Å². The molecule has 0 heterocycles. The summed E-state index contributed by atoms with van der Waals surface area (Å²) in [4.78, 5) is 0. The molecule has 0 aromatic carbocycles. The first-order valence-corrected chi connectivity index (χ1v) is 6.56. The highest BCUT2D eigenvalue weighted by molar-refractivity contribution is 4.83. The molecule has 0 spiro atoms. The van der Waals surface area contributed by atoms with Gasteiger partial charge in [-0.25, -0.2) is 0 Å². The SMILES string of the molecule is C.CCC1C(C)CCC(C)C1CC(C)C. The van der Waals surface area contributed by atoms with Gasteiger partial charge in [-0.05, 0) is 36.0 Å². The predicted molar refractivity (Wildman–Crippen MR) is 71.0 cm³/mol. The second-order valence-electron chi connectivity index (χ2n) is 5.90. The fraction of sp³-hybridized carbons (Fsp3) is 1.00. The predicted octanol–water partition coefficient (Wildman–Crippen LogP) is 5.38. The molecule has 0 saturated heterocycles. The quantitative estimate of drug-likeness (QED) is 0.589. The highest BCUT2D eigenvalue weighted by atomic mass is 14.4. The molecule has 1 rings (SSSR count). The molecule has 0 aromatic rings. The minimum absolute atomic E-state index is 0. The van der Waals surface area contributed by atoms with Crippen molar-refractivity contribution in [2.24, 2.45) is 29.6 Å². The smallest absolute Gasteiger partial charge is 0.0355 e. The molecule has 92 valence electrons. The van der Waals surface area contributed by atoms with Crippen LogP contribution in [0.1, 0.15) is 67.7 Å². The normalized spacial score (nSPS) is 36.4. The van der Waals surface area contributed by atoms with Gasteiger partial charge in [-0.15, -0.1) is 0 Å². The fourth-order valence-electron chi connectivity index (χ4n) is 3.45. The summed E-state index contributed by atoms with van der Waals surface area (Å²) in [6.07, 6.45) is 5.77. The summed E-state index contributed by atoms with van der Waals surface area (Å²) in [5.41, 5.74) is 0. The van der Waals surface area contributed by atoms with Crippen molar-refractivity contribution in [3.8, 4) is 0 Å². The minimum atomic E-state index is 0. The van der Waals surface area contributed by atoms with Gasteiger partial charge in [0, 0.05) is 0 Å². The lowest BCUT2D eigenvalue weighted by Gasteiger charge is -2.41. The molecule has 0 aliphatic heterocycles. The lowest BCUT2D eigenvalue weighted by Crippen LogP contribution is -2.32. The molecule has 4 unspecified atom stereocenters. The van der Waals surface area contributed by atoms with Crippen molar-refractivity contribution in [3.63, 3.8) is 0 Å². The van der Waals surface area contributed by atoms with Crippen LogP contribution in [0, 0.1) is 29.6 Å². The molecule has 0 heteroatoms. The largest absolute Gasteiger partial charge is 0.0776 e. The number of rotatable bonds is 3. The van der Waals surface area contributed by atoms with Gasteiger partial charge in [-0.2, -0.15) is 0 Å². The molecule has 1 aliphatic rings. The van der Waals surface area contributed by atoms with Crippen LogP contribution in [-0.2, 0) is 0 Å². The molecule has 1 saturated carbocycles. The number of hydrogen-bond donors (Lipinski definition) is 0. The molecule has 0 bridgehead atoms. The fourth-order valence-corrected chi connectivity index (χ4v) is 3.45. The van der Waals surface area contributed by atoms with Gasteiger partial charge in [0.25, 0.3) is 0 Å². The van der Waals surface area contributed by atoms with Crippen molar-refractivity contribution >= 4 is 0 Å². The van der Waals surface area contributed by atoms with E-state index in [1.54, 1.807) is 0 Å². The molecular formula is C15H32. The van der Waals surface area contributed by atoms with Gasteiger partial charge < -0.3 is 0 Å². The monoisotopic (exact) mass is 212 g/mol. The third kappa shape index (κ3) is 3.81. The minimum Gasteiger partial charge on any atom is -0.0776 e. The van der Waals surface area contributed by atoms with Crippen LogP contribution in [0.25, 0.3) is 0 Å². The highest BCUT2D eigenvalue weighted by Crippen LogP contribution is 2.43. The Morgan fingerprint density at radius 2 is 1.47 bits per heavy atom. The van der Waals surface area contributed by atoms with Gasteiger partial charge in [-0.1, -0.05) is 61.3 Å². The number of hydrogen-bond acceptors (Lipinski definition) is 0. The second-order valence-corrected chi connectivity index (χ2v) is 5.90. The topological polar surface area (TPSA) is 0 Å². The van der Waals surface area contributed by atoms with Crippen LogP contribution >= 0.6 is 0 Å². The van der Waals surface area contributed by atoms with Crippen molar-refractivity contribution < 1.29 is 0 Å². The molecule has 1 fully saturated rings. The van der Waals surface area contributed by atoms with E-state index in [1.807, 2.05) is 0 Å². The first-order valence-electron chi connectivity index (χ1n) is 6.56. The summed E-state index contributed by atoms with van der Waals surface area (Å²) in [7, 11) is 0. The van der Waals surface area contributed by atoms with Crippen LogP contribution < -0.4 is 0 Å². The van der Waals surface area contributed by atoms with Gasteiger partial charge >= 0.3 is 0 Å². The molecule has 4 atom stereocenters. The van der Waals surface area contributed by atoms with Gasteiger partial charge in [0.1, 0.15) is 0 Å². The maximum atomic E-state index is 2.47. The van der Waals surface area contributed by atoms with E-state index < -0.39 is 0 Å². The first-order chi connectivity index (χ1) is 6.56. The van der Waals surface area contributed by atoms with Crippen molar-refractivity contribution in [2.75, 3.05) is 0 Å². The lowest BCUT2D eigenvalue weighted by molar-refractivity contribution is 0.0866. The van der Waals surface area contributed by atoms with E-state index in [0.29, 0.717) is 0 Å². The van der Waals surface area contributed by atoms with Crippen LogP contribution in [0.5, 0.6) is 0 Å². The zero-order valence-corrected chi connectivity index (χ0v) is 10.7. The molecule has 0 N–H and O–H groups in total. The Hall–Kier alpha value is 0. The lowest BCUT2D eigenvalue weighted by atomic mass is 9.64. The third-order valence-corrected chi connectivity index (χ3v) is 4.30. The van der Waals surface area contributed by atoms with Crippen LogP contribution in [0.2, 0.25) is 0 Å². The van der Waals surface area contributed by atoms with Crippen LogP contribution in [0.3, 0.4) is 0 Å². The Morgan fingerprint density at radius 1 is 1.00 bits per heavy atom. The van der Waals surface area contributed by atoms with Crippen molar-refractivity contribution in [1.82, 2.24) is 0 Å². The van der Waals surface area contributed by atoms with Crippen LogP contribution in [0.4, 0.5) is 0 Å². The molecule has 0 radical (unpaired) electrons. The van der Waals surface area contributed by atoms with Crippen molar-refractivity contribution in [1.29, 1.82) is 0 Å². The maximum absolute atomic E-state index is 2.47. The molecule has 1 aliphatic carbocycles. The summed E-state index contributed by atoms with van der Waals surface area (Å²) >= 11 is 0. The van der Waals surface area contributed by atoms with Gasteiger partial charge in [-0.3, -0.25) is 0 Å². The summed E-state index contributed by atoms with van der Waals surface area (Å²) in [6.45, 7) is 12.1. The summed E-state index contributed by atoms with van der Waals surface area (Å²) in [5, 5.41) is 0. The Bertz CT molecular complexity index is 159. The van der Waals surface area contributed by atoms with E-state index in [9.17, 15) is 0 Å². The molecule has 0 aromatic heterocycles. The van der Waals surface area contributed by atoms with Crippen LogP contribution in [0.15, 0.2) is 0 Å². The molecule has 0 nitrogen and oxygen atoms in total.